The minimum absolute atomic E-state index is 0.373. The van der Waals surface area contributed by atoms with E-state index in [9.17, 15) is 8.42 Å². The maximum absolute atomic E-state index is 13.2. The second kappa shape index (κ2) is 6.85. The molecule has 0 bridgehead atoms. The maximum atomic E-state index is 13.2. The van der Waals surface area contributed by atoms with Crippen molar-refractivity contribution in [3.63, 3.8) is 0 Å². The summed E-state index contributed by atoms with van der Waals surface area (Å²) >= 11 is 0. The highest BCUT2D eigenvalue weighted by atomic mass is 32.2. The molecule has 0 radical (unpaired) electrons. The molecule has 2 fully saturated rings. The molecule has 0 N–H and O–H groups in total. The second-order valence-corrected chi connectivity index (χ2v) is 9.55. The summed E-state index contributed by atoms with van der Waals surface area (Å²) in [6, 6.07) is 6.26. The molecule has 1 aromatic rings. The maximum Gasteiger partial charge on any atom is 0.266 e. The number of hydrogen-bond acceptors (Lipinski definition) is 5. The van der Waals surface area contributed by atoms with E-state index in [0.29, 0.717) is 23.9 Å². The fourth-order valence-electron chi connectivity index (χ4n) is 4.15. The lowest BCUT2D eigenvalue weighted by atomic mass is 9.91. The van der Waals surface area contributed by atoms with Gasteiger partial charge >= 0.3 is 0 Å². The van der Waals surface area contributed by atoms with Gasteiger partial charge in [0, 0.05) is 32.2 Å². The number of aliphatic imine (C=N–C) groups is 1. The quantitative estimate of drug-likeness (QED) is 0.808. The number of hydrogen-bond donors (Lipinski definition) is 0. The molecule has 0 amide bonds. The Hall–Kier alpha value is -1.60. The monoisotopic (exact) mass is 376 g/mol. The van der Waals surface area contributed by atoms with Gasteiger partial charge in [0.15, 0.2) is 0 Å². The van der Waals surface area contributed by atoms with Crippen molar-refractivity contribution in [2.75, 3.05) is 39.3 Å². The number of sulfonamides is 1. The van der Waals surface area contributed by atoms with Crippen molar-refractivity contribution in [3.8, 4) is 0 Å². The lowest BCUT2D eigenvalue weighted by molar-refractivity contribution is 0.0833. The summed E-state index contributed by atoms with van der Waals surface area (Å²) < 4.78 is 28.0. The van der Waals surface area contributed by atoms with Crippen molar-refractivity contribution in [3.05, 3.63) is 29.3 Å². The molecular weight excluding hydrogens is 348 g/mol. The van der Waals surface area contributed by atoms with Crippen LogP contribution in [0, 0.1) is 13.8 Å². The number of benzene rings is 1. The van der Waals surface area contributed by atoms with E-state index in [4.69, 9.17) is 0 Å². The standard InChI is InChI=1S/C19H28N4O2S/c1-15-12-16(2)14-18(13-15)26(24,25)23-7-6-20-19(23)22-10-8-21(9-11-22)17-4-3-5-17/h12-14,17H,3-11H2,1-2H3. The molecule has 0 atom stereocenters. The molecule has 142 valence electrons. The summed E-state index contributed by atoms with van der Waals surface area (Å²) in [5.41, 5.74) is 1.94. The Kier molecular flexibility index (Phi) is 4.69. The van der Waals surface area contributed by atoms with E-state index < -0.39 is 10.0 Å². The van der Waals surface area contributed by atoms with Gasteiger partial charge in [-0.1, -0.05) is 12.5 Å². The zero-order valence-electron chi connectivity index (χ0n) is 15.7. The summed E-state index contributed by atoms with van der Waals surface area (Å²) in [6.07, 6.45) is 3.97. The molecule has 7 heteroatoms. The number of guanidine groups is 1. The van der Waals surface area contributed by atoms with E-state index in [1.54, 1.807) is 12.1 Å². The van der Waals surface area contributed by atoms with Crippen LogP contribution in [0.5, 0.6) is 0 Å². The number of piperazine rings is 1. The molecule has 0 unspecified atom stereocenters. The first kappa shape index (κ1) is 17.8. The van der Waals surface area contributed by atoms with Gasteiger partial charge in [-0.05, 0) is 49.9 Å². The third-order valence-corrected chi connectivity index (χ3v) is 7.51. The zero-order chi connectivity index (χ0) is 18.3. The van der Waals surface area contributed by atoms with Crippen LogP contribution in [0.4, 0.5) is 0 Å². The lowest BCUT2D eigenvalue weighted by Crippen LogP contribution is -2.56. The molecule has 6 nitrogen and oxygen atoms in total. The van der Waals surface area contributed by atoms with E-state index in [0.717, 1.165) is 43.3 Å². The lowest BCUT2D eigenvalue weighted by Gasteiger charge is -2.44. The Bertz CT molecular complexity index is 789. The summed E-state index contributed by atoms with van der Waals surface area (Å²) in [4.78, 5) is 9.63. The van der Waals surface area contributed by atoms with Crippen LogP contribution in [-0.2, 0) is 10.0 Å². The predicted molar refractivity (Wildman–Crippen MR) is 103 cm³/mol. The SMILES string of the molecule is Cc1cc(C)cc(S(=O)(=O)N2CCN=C2N2CCN(C3CCC3)CC2)c1. The van der Waals surface area contributed by atoms with Gasteiger partial charge in [0.2, 0.25) is 5.96 Å². The van der Waals surface area contributed by atoms with Crippen molar-refractivity contribution >= 4 is 16.0 Å². The fraction of sp³-hybridized carbons (Fsp3) is 0.632. The molecule has 0 spiro atoms. The average Bonchev–Trinajstić information content (AvgIpc) is 3.03. The van der Waals surface area contributed by atoms with E-state index in [1.807, 2.05) is 19.9 Å². The molecular formula is C19H28N4O2S. The van der Waals surface area contributed by atoms with Gasteiger partial charge in [0.05, 0.1) is 18.0 Å². The minimum atomic E-state index is -3.56. The average molecular weight is 377 g/mol. The third kappa shape index (κ3) is 3.22. The Balaban J connectivity index is 1.51. The van der Waals surface area contributed by atoms with Crippen molar-refractivity contribution in [1.29, 1.82) is 0 Å². The van der Waals surface area contributed by atoms with Crippen molar-refractivity contribution in [2.45, 2.75) is 44.0 Å². The molecule has 26 heavy (non-hydrogen) atoms. The van der Waals surface area contributed by atoms with E-state index >= 15 is 0 Å². The molecule has 3 aliphatic rings. The first-order chi connectivity index (χ1) is 12.4. The van der Waals surface area contributed by atoms with E-state index in [2.05, 4.69) is 14.8 Å². The highest BCUT2D eigenvalue weighted by Gasteiger charge is 2.36. The van der Waals surface area contributed by atoms with Crippen molar-refractivity contribution in [1.82, 2.24) is 14.1 Å². The largest absolute Gasteiger partial charge is 0.339 e. The van der Waals surface area contributed by atoms with Crippen LogP contribution in [0.1, 0.15) is 30.4 Å². The summed E-state index contributed by atoms with van der Waals surface area (Å²) in [6.45, 7) is 8.57. The molecule has 2 aliphatic heterocycles. The van der Waals surface area contributed by atoms with Crippen LogP contribution in [0.3, 0.4) is 0 Å². The smallest absolute Gasteiger partial charge is 0.266 e. The molecule has 0 aromatic heterocycles. The van der Waals surface area contributed by atoms with Crippen molar-refractivity contribution in [2.24, 2.45) is 4.99 Å². The number of rotatable bonds is 3. The van der Waals surface area contributed by atoms with E-state index in [-0.39, 0.29) is 0 Å². The van der Waals surface area contributed by atoms with Gasteiger partial charge in [0.25, 0.3) is 10.0 Å². The number of aryl methyl sites for hydroxylation is 2. The zero-order valence-corrected chi connectivity index (χ0v) is 16.5. The van der Waals surface area contributed by atoms with Crippen LogP contribution in [0.15, 0.2) is 28.1 Å². The fourth-order valence-corrected chi connectivity index (χ4v) is 5.79. The second-order valence-electron chi connectivity index (χ2n) is 7.69. The first-order valence-corrected chi connectivity index (χ1v) is 11.0. The third-order valence-electron chi connectivity index (χ3n) is 5.75. The topological polar surface area (TPSA) is 56.2 Å². The van der Waals surface area contributed by atoms with Crippen molar-refractivity contribution < 1.29 is 8.42 Å². The normalized spacial score (nSPS) is 22.5. The molecule has 1 saturated carbocycles. The summed E-state index contributed by atoms with van der Waals surface area (Å²) in [7, 11) is -3.56. The van der Waals surface area contributed by atoms with Gasteiger partial charge < -0.3 is 4.90 Å². The van der Waals surface area contributed by atoms with Gasteiger partial charge in [0.1, 0.15) is 0 Å². The van der Waals surface area contributed by atoms with Crippen LogP contribution in [0.2, 0.25) is 0 Å². The Morgan fingerprint density at radius 1 is 0.962 bits per heavy atom. The van der Waals surface area contributed by atoms with Crippen LogP contribution >= 0.6 is 0 Å². The summed E-state index contributed by atoms with van der Waals surface area (Å²) in [5, 5.41) is 0. The van der Waals surface area contributed by atoms with Gasteiger partial charge in [-0.3, -0.25) is 9.89 Å². The van der Waals surface area contributed by atoms with Gasteiger partial charge in [-0.15, -0.1) is 0 Å². The van der Waals surface area contributed by atoms with E-state index in [1.165, 1.54) is 23.6 Å². The molecule has 1 aliphatic carbocycles. The molecule has 1 saturated heterocycles. The highest BCUT2D eigenvalue weighted by molar-refractivity contribution is 7.89. The van der Waals surface area contributed by atoms with Gasteiger partial charge in [-0.2, -0.15) is 0 Å². The van der Waals surface area contributed by atoms with Crippen LogP contribution < -0.4 is 0 Å². The molecule has 2 heterocycles. The molecule has 4 rings (SSSR count). The van der Waals surface area contributed by atoms with Gasteiger partial charge in [-0.25, -0.2) is 12.7 Å². The van der Waals surface area contributed by atoms with Crippen LogP contribution in [0.25, 0.3) is 0 Å². The highest BCUT2D eigenvalue weighted by Crippen LogP contribution is 2.27. The summed E-state index contributed by atoms with van der Waals surface area (Å²) in [5.74, 6) is 0.636. The van der Waals surface area contributed by atoms with Crippen LogP contribution in [-0.4, -0.2) is 73.8 Å². The predicted octanol–water partition coefficient (Wildman–Crippen LogP) is 1.83. The Labute approximate surface area is 156 Å². The Morgan fingerprint density at radius 2 is 1.62 bits per heavy atom. The molecule has 1 aromatic carbocycles. The number of nitrogens with zero attached hydrogens (tertiary/aromatic N) is 4. The minimum Gasteiger partial charge on any atom is -0.339 e. The Morgan fingerprint density at radius 3 is 2.19 bits per heavy atom. The first-order valence-electron chi connectivity index (χ1n) is 9.59.